The summed E-state index contributed by atoms with van der Waals surface area (Å²) in [6.07, 6.45) is 1.12. The number of carbonyl (C=O) groups is 1. The minimum absolute atomic E-state index is 0.150. The van der Waals surface area contributed by atoms with Gasteiger partial charge in [0.1, 0.15) is 5.82 Å². The van der Waals surface area contributed by atoms with Crippen LogP contribution in [-0.2, 0) is 11.2 Å². The average molecular weight is 591 g/mol. The van der Waals surface area contributed by atoms with Gasteiger partial charge in [0.15, 0.2) is 0 Å². The Hall–Kier alpha value is -3.36. The molecule has 3 aromatic rings. The molecule has 7 nitrogen and oxygen atoms in total. The highest BCUT2D eigenvalue weighted by Gasteiger charge is 2.26. The number of carboxylic acid groups (broad SMARTS) is 1. The van der Waals surface area contributed by atoms with Gasteiger partial charge in [-0.25, -0.2) is 9.07 Å². The number of halogens is 1. The molecule has 2 heterocycles. The topological polar surface area (TPSA) is 87.5 Å². The Balaban J connectivity index is 1.66. The molecule has 1 aromatic heterocycles. The van der Waals surface area contributed by atoms with Gasteiger partial charge < -0.3 is 15.3 Å². The molecule has 1 aliphatic heterocycles. The molecule has 43 heavy (non-hydrogen) atoms. The van der Waals surface area contributed by atoms with Crippen molar-refractivity contribution in [2.75, 3.05) is 26.2 Å². The van der Waals surface area contributed by atoms with Gasteiger partial charge in [-0.1, -0.05) is 39.0 Å². The van der Waals surface area contributed by atoms with Gasteiger partial charge in [0.2, 0.25) is 0 Å². The summed E-state index contributed by atoms with van der Waals surface area (Å²) in [5.74, 6) is -0.460. The number of nitrogens with one attached hydrogen (secondary N) is 1. The van der Waals surface area contributed by atoms with Crippen LogP contribution in [0, 0.1) is 45.3 Å². The number of hydrogen-bond acceptors (Lipinski definition) is 5. The number of aromatic nitrogens is 2. The van der Waals surface area contributed by atoms with E-state index in [4.69, 9.17) is 5.10 Å². The van der Waals surface area contributed by atoms with E-state index in [9.17, 15) is 14.7 Å². The number of likely N-dealkylation sites (tertiary alicyclic amines) is 1. The van der Waals surface area contributed by atoms with Crippen LogP contribution < -0.4 is 10.9 Å². The Bertz CT molecular complexity index is 1490. The van der Waals surface area contributed by atoms with Gasteiger partial charge in [-0.2, -0.15) is 5.10 Å². The van der Waals surface area contributed by atoms with Crippen LogP contribution in [-0.4, -0.2) is 51.9 Å². The lowest BCUT2D eigenvalue weighted by Crippen LogP contribution is -2.46. The Kier molecular flexibility index (Phi) is 10.6. The zero-order chi connectivity index (χ0) is 31.4. The lowest BCUT2D eigenvalue weighted by atomic mass is 9.90. The molecule has 0 amide bonds. The summed E-state index contributed by atoms with van der Waals surface area (Å²) in [5, 5.41) is 18.0. The van der Waals surface area contributed by atoms with Crippen molar-refractivity contribution >= 4 is 5.97 Å². The smallest absolute Gasteiger partial charge is 0.305 e. The average Bonchev–Trinajstić information content (AvgIpc) is 2.90. The number of carboxylic acids is 1. The number of aryl methyl sites for hydroxylation is 4. The molecule has 0 bridgehead atoms. The molecule has 1 saturated heterocycles. The fourth-order valence-electron chi connectivity index (χ4n) is 6.38. The predicted molar refractivity (Wildman–Crippen MR) is 170 cm³/mol. The molecule has 0 saturated carbocycles. The van der Waals surface area contributed by atoms with E-state index >= 15 is 4.39 Å². The van der Waals surface area contributed by atoms with Gasteiger partial charge in [-0.05, 0) is 92.0 Å². The molecule has 1 fully saturated rings. The van der Waals surface area contributed by atoms with Gasteiger partial charge in [-0.3, -0.25) is 9.59 Å². The van der Waals surface area contributed by atoms with Crippen LogP contribution in [0.4, 0.5) is 4.39 Å². The van der Waals surface area contributed by atoms with Gasteiger partial charge in [0, 0.05) is 49.8 Å². The van der Waals surface area contributed by atoms with Crippen molar-refractivity contribution in [3.8, 4) is 11.1 Å². The summed E-state index contributed by atoms with van der Waals surface area (Å²) in [4.78, 5) is 27.8. The summed E-state index contributed by atoms with van der Waals surface area (Å²) < 4.78 is 17.3. The van der Waals surface area contributed by atoms with Crippen LogP contribution in [0.3, 0.4) is 0 Å². The SMILES string of the molecule is Cc1cc(-c2c(C)cccc2C)cc([C@H](CC(=O)O)NC[C@H](CC(C)C)n2nc(CCN3CC(C)C3)cc(C)c2=O)c1F. The maximum Gasteiger partial charge on any atom is 0.305 e. The molecule has 2 aromatic carbocycles. The van der Waals surface area contributed by atoms with E-state index < -0.39 is 17.8 Å². The van der Waals surface area contributed by atoms with E-state index in [0.717, 1.165) is 59.9 Å². The normalized spacial score (nSPS) is 15.5. The Morgan fingerprint density at radius 2 is 1.74 bits per heavy atom. The largest absolute Gasteiger partial charge is 0.481 e. The van der Waals surface area contributed by atoms with Crippen molar-refractivity contribution in [3.05, 3.63) is 86.1 Å². The monoisotopic (exact) mass is 590 g/mol. The van der Waals surface area contributed by atoms with Crippen molar-refractivity contribution in [2.24, 2.45) is 11.8 Å². The number of benzene rings is 2. The highest BCUT2D eigenvalue weighted by Crippen LogP contribution is 2.33. The van der Waals surface area contributed by atoms with Gasteiger partial charge in [0.25, 0.3) is 5.56 Å². The summed E-state index contributed by atoms with van der Waals surface area (Å²) in [5.41, 5.74) is 6.16. The zero-order valence-electron chi connectivity index (χ0n) is 26.7. The molecule has 2 N–H and O–H groups in total. The van der Waals surface area contributed by atoms with Crippen LogP contribution in [0.25, 0.3) is 11.1 Å². The standard InChI is InChI=1S/C35H47FN4O3/c1-21(2)13-29(40-35(43)26(7)15-28(38-40)11-12-39-19-22(3)20-39)18-37-31(17-32(41)42)30-16-27(14-25(6)34(30)36)33-23(4)9-8-10-24(33)5/h8-10,14-16,21-22,29,31,37H,11-13,17-20H2,1-7H3,(H,41,42)/t29-,31-/m0/s1. The summed E-state index contributed by atoms with van der Waals surface area (Å²) in [7, 11) is 0. The third-order valence-electron chi connectivity index (χ3n) is 8.48. The van der Waals surface area contributed by atoms with Crippen molar-refractivity contribution in [1.82, 2.24) is 20.0 Å². The highest BCUT2D eigenvalue weighted by molar-refractivity contribution is 5.73. The Morgan fingerprint density at radius 3 is 2.35 bits per heavy atom. The van der Waals surface area contributed by atoms with E-state index in [1.807, 2.05) is 51.1 Å². The van der Waals surface area contributed by atoms with Gasteiger partial charge in [-0.15, -0.1) is 0 Å². The zero-order valence-corrected chi connectivity index (χ0v) is 26.7. The molecule has 0 radical (unpaired) electrons. The third-order valence-corrected chi connectivity index (χ3v) is 8.48. The lowest BCUT2D eigenvalue weighted by Gasteiger charge is -2.37. The first-order chi connectivity index (χ1) is 20.3. The fourth-order valence-corrected chi connectivity index (χ4v) is 6.38. The quantitative estimate of drug-likeness (QED) is 0.248. The number of nitrogens with zero attached hydrogens (tertiary/aromatic N) is 3. The molecule has 0 spiro atoms. The van der Waals surface area contributed by atoms with E-state index in [1.54, 1.807) is 17.7 Å². The van der Waals surface area contributed by atoms with Crippen molar-refractivity contribution in [1.29, 1.82) is 0 Å². The summed E-state index contributed by atoms with van der Waals surface area (Å²) >= 11 is 0. The Labute approximate surface area is 255 Å². The van der Waals surface area contributed by atoms with E-state index in [2.05, 4.69) is 31.0 Å². The maximum absolute atomic E-state index is 15.7. The number of rotatable bonds is 13. The van der Waals surface area contributed by atoms with E-state index in [1.165, 1.54) is 0 Å². The number of hydrogen-bond donors (Lipinski definition) is 2. The molecule has 232 valence electrons. The minimum atomic E-state index is -1.03. The second-order valence-electron chi connectivity index (χ2n) is 13.0. The first-order valence-electron chi connectivity index (χ1n) is 15.5. The maximum atomic E-state index is 15.7. The first kappa shape index (κ1) is 32.6. The van der Waals surface area contributed by atoms with Crippen LogP contribution >= 0.6 is 0 Å². The molecular weight excluding hydrogens is 543 g/mol. The molecule has 8 heteroatoms. The molecule has 1 aliphatic rings. The Morgan fingerprint density at radius 1 is 1.07 bits per heavy atom. The second kappa shape index (κ2) is 14.0. The van der Waals surface area contributed by atoms with Gasteiger partial charge in [0.05, 0.1) is 18.2 Å². The minimum Gasteiger partial charge on any atom is -0.481 e. The van der Waals surface area contributed by atoms with Crippen LogP contribution in [0.5, 0.6) is 0 Å². The lowest BCUT2D eigenvalue weighted by molar-refractivity contribution is -0.137. The molecule has 2 atom stereocenters. The first-order valence-corrected chi connectivity index (χ1v) is 15.5. The molecule has 0 aliphatic carbocycles. The van der Waals surface area contributed by atoms with E-state index in [0.29, 0.717) is 23.1 Å². The van der Waals surface area contributed by atoms with Crippen molar-refractivity contribution in [3.63, 3.8) is 0 Å². The summed E-state index contributed by atoms with van der Waals surface area (Å²) in [6, 6.07) is 10.4. The van der Waals surface area contributed by atoms with Crippen molar-refractivity contribution in [2.45, 2.75) is 79.8 Å². The molecular formula is C35H47FN4O3. The van der Waals surface area contributed by atoms with Crippen LogP contribution in [0.2, 0.25) is 0 Å². The van der Waals surface area contributed by atoms with Gasteiger partial charge >= 0.3 is 5.97 Å². The second-order valence-corrected chi connectivity index (χ2v) is 13.0. The fraction of sp³-hybridized carbons (Fsp3) is 0.514. The van der Waals surface area contributed by atoms with E-state index in [-0.39, 0.29) is 30.5 Å². The summed E-state index contributed by atoms with van der Waals surface area (Å²) in [6.45, 7) is 17.4. The highest BCUT2D eigenvalue weighted by atomic mass is 19.1. The van der Waals surface area contributed by atoms with Crippen LogP contribution in [0.1, 0.15) is 79.2 Å². The molecule has 4 rings (SSSR count). The predicted octanol–water partition coefficient (Wildman–Crippen LogP) is 6.17. The van der Waals surface area contributed by atoms with Crippen molar-refractivity contribution < 1.29 is 14.3 Å². The van der Waals surface area contributed by atoms with Crippen LogP contribution in [0.15, 0.2) is 41.2 Å². The molecule has 0 unspecified atom stereocenters. The third kappa shape index (κ3) is 7.98. The number of aliphatic carboxylic acids is 1.